The summed E-state index contributed by atoms with van der Waals surface area (Å²) in [4.78, 5) is 59.1. The molecule has 2 heterocycles. The summed E-state index contributed by atoms with van der Waals surface area (Å²) in [5, 5.41) is 7.99. The molecule has 252 valence electrons. The number of rotatable bonds is 12. The fourth-order valence-electron chi connectivity index (χ4n) is 4.80. The Balaban J connectivity index is 1.50. The largest absolute Gasteiger partial charge is 0.444 e. The molecule has 1 aliphatic heterocycles. The molecule has 4 rings (SSSR count). The third kappa shape index (κ3) is 10.4. The number of ether oxygens (including phenoxy) is 3. The van der Waals surface area contributed by atoms with Crippen molar-refractivity contribution >= 4 is 29.6 Å². The lowest BCUT2D eigenvalue weighted by atomic mass is 10.0. The first-order valence-corrected chi connectivity index (χ1v) is 15.5. The van der Waals surface area contributed by atoms with Crippen molar-refractivity contribution in [2.24, 2.45) is 0 Å². The predicted molar refractivity (Wildman–Crippen MR) is 174 cm³/mol. The Morgan fingerprint density at radius 1 is 0.936 bits per heavy atom. The van der Waals surface area contributed by atoms with Crippen molar-refractivity contribution in [1.29, 1.82) is 0 Å². The number of morpholine rings is 1. The summed E-state index contributed by atoms with van der Waals surface area (Å²) >= 11 is 0. The minimum absolute atomic E-state index is 0.117. The van der Waals surface area contributed by atoms with Crippen LogP contribution in [0.1, 0.15) is 51.8 Å². The Labute approximate surface area is 275 Å². The van der Waals surface area contributed by atoms with E-state index in [2.05, 4.69) is 20.9 Å². The number of amides is 4. The Bertz CT molecular complexity index is 1500. The van der Waals surface area contributed by atoms with Gasteiger partial charge in [0.1, 0.15) is 23.2 Å². The molecule has 4 amide bonds. The van der Waals surface area contributed by atoms with Crippen LogP contribution in [0.25, 0.3) is 0 Å². The van der Waals surface area contributed by atoms with E-state index in [1.54, 1.807) is 36.4 Å². The molecule has 0 saturated carbocycles. The first kappa shape index (κ1) is 35.1. The molecule has 0 aliphatic carbocycles. The minimum Gasteiger partial charge on any atom is -0.444 e. The SMILES string of the molecule is CC(C)(C)OC(=O)NC(C)(C)C(=O)N[C@H](COCc1ccccc1)C(=O)Nc1cn(C(C(=O)N2CCOCC2)c2ccccc2)cn1. The normalized spacial score (nSPS) is 14.9. The van der Waals surface area contributed by atoms with Gasteiger partial charge < -0.3 is 39.6 Å². The molecule has 0 radical (unpaired) electrons. The highest BCUT2D eigenvalue weighted by Crippen LogP contribution is 2.23. The molecule has 2 atom stereocenters. The van der Waals surface area contributed by atoms with Crippen LogP contribution in [0.2, 0.25) is 0 Å². The van der Waals surface area contributed by atoms with Crippen molar-refractivity contribution in [2.75, 3.05) is 38.2 Å². The van der Waals surface area contributed by atoms with Crippen LogP contribution in [0.5, 0.6) is 0 Å². The lowest BCUT2D eigenvalue weighted by Gasteiger charge is -2.31. The molecule has 13 heteroatoms. The van der Waals surface area contributed by atoms with Crippen molar-refractivity contribution in [1.82, 2.24) is 25.1 Å². The van der Waals surface area contributed by atoms with Crippen LogP contribution in [-0.4, -0.2) is 88.4 Å². The second kappa shape index (κ2) is 15.7. The van der Waals surface area contributed by atoms with Gasteiger partial charge in [0, 0.05) is 19.3 Å². The fourth-order valence-corrected chi connectivity index (χ4v) is 4.80. The molecule has 1 aromatic heterocycles. The van der Waals surface area contributed by atoms with Crippen LogP contribution < -0.4 is 16.0 Å². The van der Waals surface area contributed by atoms with E-state index >= 15 is 0 Å². The maximum absolute atomic E-state index is 13.7. The van der Waals surface area contributed by atoms with Gasteiger partial charge in [0.15, 0.2) is 5.82 Å². The van der Waals surface area contributed by atoms with E-state index in [1.165, 1.54) is 20.2 Å². The van der Waals surface area contributed by atoms with Gasteiger partial charge in [0.25, 0.3) is 5.91 Å². The second-order valence-corrected chi connectivity index (χ2v) is 12.7. The van der Waals surface area contributed by atoms with Crippen LogP contribution >= 0.6 is 0 Å². The predicted octanol–water partition coefficient (Wildman–Crippen LogP) is 3.27. The van der Waals surface area contributed by atoms with Crippen LogP contribution in [-0.2, 0) is 35.2 Å². The monoisotopic (exact) mass is 648 g/mol. The molecule has 13 nitrogen and oxygen atoms in total. The van der Waals surface area contributed by atoms with E-state index in [0.717, 1.165) is 11.1 Å². The highest BCUT2D eigenvalue weighted by atomic mass is 16.6. The van der Waals surface area contributed by atoms with Gasteiger partial charge in [-0.2, -0.15) is 0 Å². The van der Waals surface area contributed by atoms with Gasteiger partial charge in [0.05, 0.1) is 32.8 Å². The van der Waals surface area contributed by atoms with Gasteiger partial charge in [-0.15, -0.1) is 0 Å². The van der Waals surface area contributed by atoms with Gasteiger partial charge in [-0.3, -0.25) is 14.4 Å². The van der Waals surface area contributed by atoms with E-state index < -0.39 is 41.1 Å². The third-order valence-electron chi connectivity index (χ3n) is 7.22. The molecule has 0 spiro atoms. The number of carbonyl (C=O) groups excluding carboxylic acids is 4. The van der Waals surface area contributed by atoms with E-state index in [0.29, 0.717) is 26.3 Å². The van der Waals surface area contributed by atoms with Crippen LogP contribution in [0.3, 0.4) is 0 Å². The average Bonchev–Trinajstić information content (AvgIpc) is 3.48. The van der Waals surface area contributed by atoms with Crippen LogP contribution in [0, 0.1) is 0 Å². The summed E-state index contributed by atoms with van der Waals surface area (Å²) in [6, 6.07) is 16.9. The number of hydrogen-bond donors (Lipinski definition) is 3. The zero-order chi connectivity index (χ0) is 34.0. The molecule has 1 aliphatic rings. The molecule has 47 heavy (non-hydrogen) atoms. The zero-order valence-corrected chi connectivity index (χ0v) is 27.5. The smallest absolute Gasteiger partial charge is 0.408 e. The summed E-state index contributed by atoms with van der Waals surface area (Å²) in [5.74, 6) is -1.16. The Morgan fingerprint density at radius 2 is 1.57 bits per heavy atom. The van der Waals surface area contributed by atoms with Crippen molar-refractivity contribution in [3.05, 3.63) is 84.3 Å². The average molecular weight is 649 g/mol. The molecule has 0 bridgehead atoms. The number of carbonyl (C=O) groups is 4. The number of nitrogens with one attached hydrogen (secondary N) is 3. The zero-order valence-electron chi connectivity index (χ0n) is 27.5. The van der Waals surface area contributed by atoms with Gasteiger partial charge in [-0.05, 0) is 45.7 Å². The highest BCUT2D eigenvalue weighted by molar-refractivity contribution is 5.98. The topological polar surface area (TPSA) is 153 Å². The standard InChI is InChI=1S/C34H44N6O7/c1-33(2,3)47-32(44)38-34(4,5)31(43)36-26(22-46-21-24-12-8-6-9-13-24)29(41)37-27-20-40(23-35-27)28(25-14-10-7-11-15-25)30(42)39-16-18-45-19-17-39/h6-15,20,23,26,28H,16-19,21-22H2,1-5H3,(H,36,43)(H,37,41)(H,38,44)/t26-,28?/m1/s1. The van der Waals surface area contributed by atoms with Gasteiger partial charge in [-0.25, -0.2) is 9.78 Å². The highest BCUT2D eigenvalue weighted by Gasteiger charge is 2.35. The number of alkyl carbamates (subject to hydrolysis) is 1. The Hall–Kier alpha value is -4.75. The van der Waals surface area contributed by atoms with Crippen molar-refractivity contribution in [2.45, 2.75) is 64.4 Å². The molecule has 3 aromatic rings. The third-order valence-corrected chi connectivity index (χ3v) is 7.22. The van der Waals surface area contributed by atoms with E-state index in [4.69, 9.17) is 14.2 Å². The quantitative estimate of drug-likeness (QED) is 0.271. The number of hydrogen-bond acceptors (Lipinski definition) is 8. The number of aromatic nitrogens is 2. The van der Waals surface area contributed by atoms with Crippen LogP contribution in [0.15, 0.2) is 73.2 Å². The molecule has 2 aromatic carbocycles. The molecular formula is C34H44N6O7. The maximum atomic E-state index is 13.7. The molecule has 1 saturated heterocycles. The summed E-state index contributed by atoms with van der Waals surface area (Å²) in [6.45, 7) is 10.1. The first-order chi connectivity index (χ1) is 22.3. The fraction of sp³-hybridized carbons (Fsp3) is 0.441. The summed E-state index contributed by atoms with van der Waals surface area (Å²) in [7, 11) is 0. The first-order valence-electron chi connectivity index (χ1n) is 15.5. The van der Waals surface area contributed by atoms with E-state index in [1.807, 2.05) is 60.7 Å². The van der Waals surface area contributed by atoms with Gasteiger partial charge in [0.2, 0.25) is 11.8 Å². The van der Waals surface area contributed by atoms with Gasteiger partial charge in [-0.1, -0.05) is 60.7 Å². The Morgan fingerprint density at radius 3 is 2.21 bits per heavy atom. The number of nitrogens with zero attached hydrogens (tertiary/aromatic N) is 3. The minimum atomic E-state index is -1.43. The summed E-state index contributed by atoms with van der Waals surface area (Å²) in [6.07, 6.45) is 2.29. The van der Waals surface area contributed by atoms with Crippen molar-refractivity contribution in [3.8, 4) is 0 Å². The molecular weight excluding hydrogens is 604 g/mol. The number of anilines is 1. The van der Waals surface area contributed by atoms with Crippen molar-refractivity contribution in [3.63, 3.8) is 0 Å². The summed E-state index contributed by atoms with van der Waals surface area (Å²) in [5.41, 5.74) is -0.538. The Kier molecular flexibility index (Phi) is 11.7. The number of imidazole rings is 1. The lowest BCUT2D eigenvalue weighted by Crippen LogP contribution is -2.59. The summed E-state index contributed by atoms with van der Waals surface area (Å²) < 4.78 is 18.2. The van der Waals surface area contributed by atoms with E-state index in [-0.39, 0.29) is 24.9 Å². The van der Waals surface area contributed by atoms with Gasteiger partial charge >= 0.3 is 6.09 Å². The molecule has 1 unspecified atom stereocenters. The maximum Gasteiger partial charge on any atom is 0.408 e. The lowest BCUT2D eigenvalue weighted by molar-refractivity contribution is -0.137. The number of benzene rings is 2. The molecule has 1 fully saturated rings. The second-order valence-electron chi connectivity index (χ2n) is 12.7. The van der Waals surface area contributed by atoms with Crippen LogP contribution in [0.4, 0.5) is 10.6 Å². The van der Waals surface area contributed by atoms with E-state index in [9.17, 15) is 19.2 Å². The molecule has 3 N–H and O–H groups in total. The van der Waals surface area contributed by atoms with Crippen molar-refractivity contribution < 1.29 is 33.4 Å².